The van der Waals surface area contributed by atoms with Crippen LogP contribution in [-0.4, -0.2) is 41.7 Å². The van der Waals surface area contributed by atoms with Gasteiger partial charge < -0.3 is 19.7 Å². The fourth-order valence-corrected chi connectivity index (χ4v) is 9.71. The summed E-state index contributed by atoms with van der Waals surface area (Å²) in [7, 11) is 1.31. The molecule has 0 heterocycles. The minimum absolute atomic E-state index is 0.00640. The molecule has 1 aromatic carbocycles. The zero-order valence-electron chi connectivity index (χ0n) is 25.0. The summed E-state index contributed by atoms with van der Waals surface area (Å²) in [6.45, 7) is 5.20. The Bertz CT molecular complexity index is 1150. The summed E-state index contributed by atoms with van der Waals surface area (Å²) in [5.41, 5.74) is 1.55. The Hall–Kier alpha value is -2.41. The Kier molecular flexibility index (Phi) is 8.84. The van der Waals surface area contributed by atoms with Crippen molar-refractivity contribution in [3.05, 3.63) is 29.3 Å². The van der Waals surface area contributed by atoms with Crippen LogP contribution in [0, 0.1) is 40.4 Å². The molecule has 0 aliphatic heterocycles. The largest absolute Gasteiger partial charge is 0.493 e. The van der Waals surface area contributed by atoms with E-state index in [-0.39, 0.29) is 18.6 Å². The lowest BCUT2D eigenvalue weighted by atomic mass is 9.44. The summed E-state index contributed by atoms with van der Waals surface area (Å²) in [6.07, 6.45) is 11.4. The SMILES string of the molecule is COC(=O)c1cc(C(O)CCC2CC[C@H]3[C@@H]4CCC5CC(=O)CC[C@]5(C)[C@@H]4CC[C@]23C)ccc1OCCCC(=O)O. The van der Waals surface area contributed by atoms with Crippen LogP contribution in [-0.2, 0) is 14.3 Å². The average molecular weight is 569 g/mol. The van der Waals surface area contributed by atoms with Crippen LogP contribution in [0.2, 0.25) is 0 Å². The number of carbonyl (C=O) groups is 3. The molecule has 2 N–H and O–H groups in total. The zero-order chi connectivity index (χ0) is 29.4. The van der Waals surface area contributed by atoms with E-state index in [0.29, 0.717) is 52.6 Å². The van der Waals surface area contributed by atoms with Crippen molar-refractivity contribution in [2.75, 3.05) is 13.7 Å². The van der Waals surface area contributed by atoms with Crippen molar-refractivity contribution < 1.29 is 34.1 Å². The lowest BCUT2D eigenvalue weighted by molar-refractivity contribution is -0.139. The van der Waals surface area contributed by atoms with Gasteiger partial charge in [0.05, 0.1) is 19.8 Å². The van der Waals surface area contributed by atoms with Crippen molar-refractivity contribution in [3.63, 3.8) is 0 Å². The first kappa shape index (κ1) is 30.1. The fraction of sp³-hybridized carbons (Fsp3) is 0.735. The number of esters is 1. The van der Waals surface area contributed by atoms with Gasteiger partial charge in [-0.05, 0) is 122 Å². The monoisotopic (exact) mass is 568 g/mol. The molecule has 1 aromatic rings. The van der Waals surface area contributed by atoms with Gasteiger partial charge in [0, 0.05) is 19.3 Å². The number of aliphatic hydroxyl groups is 1. The topological polar surface area (TPSA) is 110 Å². The number of rotatable bonds is 10. The highest BCUT2D eigenvalue weighted by molar-refractivity contribution is 5.92. The van der Waals surface area contributed by atoms with Crippen LogP contribution in [0.1, 0.15) is 119 Å². The molecule has 0 saturated heterocycles. The van der Waals surface area contributed by atoms with E-state index in [4.69, 9.17) is 14.6 Å². The van der Waals surface area contributed by atoms with Crippen molar-refractivity contribution in [2.45, 2.75) is 103 Å². The molecule has 4 saturated carbocycles. The van der Waals surface area contributed by atoms with E-state index in [1.165, 1.54) is 45.6 Å². The van der Waals surface area contributed by atoms with Crippen LogP contribution >= 0.6 is 0 Å². The van der Waals surface area contributed by atoms with Crippen LogP contribution in [0.25, 0.3) is 0 Å². The molecule has 226 valence electrons. The number of aliphatic carboxylic acids is 1. The van der Waals surface area contributed by atoms with E-state index in [0.717, 1.165) is 43.4 Å². The van der Waals surface area contributed by atoms with Crippen LogP contribution in [0.5, 0.6) is 5.75 Å². The second-order valence-corrected chi connectivity index (χ2v) is 13.9. The molecule has 0 bridgehead atoms. The quantitative estimate of drug-likeness (QED) is 0.237. The van der Waals surface area contributed by atoms with Gasteiger partial charge in [-0.25, -0.2) is 4.79 Å². The normalized spacial score (nSPS) is 35.1. The van der Waals surface area contributed by atoms with Gasteiger partial charge in [-0.3, -0.25) is 9.59 Å². The molecule has 3 unspecified atom stereocenters. The zero-order valence-corrected chi connectivity index (χ0v) is 25.0. The smallest absolute Gasteiger partial charge is 0.341 e. The van der Waals surface area contributed by atoms with Crippen molar-refractivity contribution in [2.24, 2.45) is 40.4 Å². The summed E-state index contributed by atoms with van der Waals surface area (Å²) >= 11 is 0. The van der Waals surface area contributed by atoms with Crippen molar-refractivity contribution in [1.29, 1.82) is 0 Å². The van der Waals surface area contributed by atoms with E-state index < -0.39 is 18.0 Å². The van der Waals surface area contributed by atoms with Gasteiger partial charge in [-0.15, -0.1) is 0 Å². The first-order valence-electron chi connectivity index (χ1n) is 15.8. The maximum absolute atomic E-state index is 12.5. The molecule has 7 heteroatoms. The minimum Gasteiger partial charge on any atom is -0.493 e. The Labute approximate surface area is 244 Å². The maximum Gasteiger partial charge on any atom is 0.341 e. The van der Waals surface area contributed by atoms with Gasteiger partial charge in [0.2, 0.25) is 0 Å². The molecule has 4 aliphatic rings. The first-order valence-corrected chi connectivity index (χ1v) is 15.8. The fourth-order valence-electron chi connectivity index (χ4n) is 9.71. The predicted molar refractivity (Wildman–Crippen MR) is 155 cm³/mol. The molecular formula is C34H48O7. The number of fused-ring (bicyclic) bond motifs is 5. The highest BCUT2D eigenvalue weighted by Gasteiger charge is 2.59. The van der Waals surface area contributed by atoms with Gasteiger partial charge in [0.1, 0.15) is 17.1 Å². The number of benzene rings is 1. The number of carboxylic acids is 1. The molecule has 41 heavy (non-hydrogen) atoms. The van der Waals surface area contributed by atoms with Gasteiger partial charge in [0.25, 0.3) is 0 Å². The van der Waals surface area contributed by atoms with Crippen LogP contribution in [0.3, 0.4) is 0 Å². The van der Waals surface area contributed by atoms with Crippen LogP contribution in [0.15, 0.2) is 18.2 Å². The number of hydrogen-bond acceptors (Lipinski definition) is 6. The number of carbonyl (C=O) groups excluding carboxylic acids is 2. The lowest BCUT2D eigenvalue weighted by Gasteiger charge is -2.60. The second-order valence-electron chi connectivity index (χ2n) is 13.9. The summed E-state index contributed by atoms with van der Waals surface area (Å²) in [5.74, 6) is 2.80. The molecule has 4 aliphatic carbocycles. The van der Waals surface area contributed by atoms with Crippen LogP contribution in [0.4, 0.5) is 0 Å². The van der Waals surface area contributed by atoms with Gasteiger partial charge >= 0.3 is 11.9 Å². The predicted octanol–water partition coefficient (Wildman–Crippen LogP) is 6.76. The molecule has 0 amide bonds. The highest BCUT2D eigenvalue weighted by Crippen LogP contribution is 2.67. The number of carboxylic acid groups (broad SMARTS) is 1. The first-order chi connectivity index (χ1) is 19.6. The lowest BCUT2D eigenvalue weighted by Crippen LogP contribution is -2.53. The maximum atomic E-state index is 12.5. The highest BCUT2D eigenvalue weighted by atomic mass is 16.5. The molecule has 7 nitrogen and oxygen atoms in total. The van der Waals surface area contributed by atoms with E-state index >= 15 is 0 Å². The molecule has 8 atom stereocenters. The van der Waals surface area contributed by atoms with E-state index in [1.54, 1.807) is 18.2 Å². The summed E-state index contributed by atoms with van der Waals surface area (Å²) in [4.78, 5) is 35.5. The van der Waals surface area contributed by atoms with E-state index in [2.05, 4.69) is 13.8 Å². The number of ketones is 1. The standard InChI is InChI=1S/C34H48O7/c1-33-17-15-28-25(10-7-23-20-24(35)14-16-34(23,28)2)27(33)11-8-22(33)9-12-29(36)21-6-13-30(26(19-21)32(39)40-3)41-18-4-5-31(37)38/h6,13,19,22-23,25,27-29,36H,4-5,7-12,14-18,20H2,1-3H3,(H,37,38)/t22?,23?,25-,27-,28+,29?,33+,34-/m0/s1. The second kappa shape index (κ2) is 12.1. The third-order valence-corrected chi connectivity index (χ3v) is 12.1. The van der Waals surface area contributed by atoms with E-state index in [1.807, 2.05) is 0 Å². The van der Waals surface area contributed by atoms with Crippen molar-refractivity contribution >= 4 is 17.7 Å². The van der Waals surface area contributed by atoms with E-state index in [9.17, 15) is 19.5 Å². The van der Waals surface area contributed by atoms with Crippen LogP contribution < -0.4 is 4.74 Å². The van der Waals surface area contributed by atoms with Crippen molar-refractivity contribution in [3.8, 4) is 5.75 Å². The summed E-state index contributed by atoms with van der Waals surface area (Å²) in [6, 6.07) is 5.12. The Balaban J connectivity index is 1.22. The number of methoxy groups -OCH3 is 1. The average Bonchev–Trinajstić information content (AvgIpc) is 3.30. The molecule has 0 radical (unpaired) electrons. The Morgan fingerprint density at radius 1 is 1.05 bits per heavy atom. The minimum atomic E-state index is -0.890. The number of aliphatic hydroxyl groups excluding tert-OH is 1. The number of Topliss-reactive ketones (excluding diaryl/α,β-unsaturated/α-hetero) is 1. The molecule has 5 rings (SSSR count). The number of ether oxygens (including phenoxy) is 2. The third-order valence-electron chi connectivity index (χ3n) is 12.1. The Morgan fingerprint density at radius 2 is 1.83 bits per heavy atom. The van der Waals surface area contributed by atoms with Gasteiger partial charge in [0.15, 0.2) is 0 Å². The number of hydrogen-bond donors (Lipinski definition) is 2. The van der Waals surface area contributed by atoms with Gasteiger partial charge in [-0.2, -0.15) is 0 Å². The molecule has 0 spiro atoms. The summed E-state index contributed by atoms with van der Waals surface area (Å²) < 4.78 is 10.6. The molecule has 0 aromatic heterocycles. The van der Waals surface area contributed by atoms with Crippen molar-refractivity contribution in [1.82, 2.24) is 0 Å². The van der Waals surface area contributed by atoms with Gasteiger partial charge in [-0.1, -0.05) is 19.9 Å². The third kappa shape index (κ3) is 5.80. The molecule has 4 fully saturated rings. The molecular weight excluding hydrogens is 520 g/mol. The summed E-state index contributed by atoms with van der Waals surface area (Å²) in [5, 5.41) is 20.0. The Morgan fingerprint density at radius 3 is 2.59 bits per heavy atom.